The van der Waals surface area contributed by atoms with Crippen molar-refractivity contribution >= 4 is 46.0 Å². The molecule has 1 aliphatic heterocycles. The van der Waals surface area contributed by atoms with Gasteiger partial charge >= 0.3 is 0 Å². The lowest BCUT2D eigenvalue weighted by Gasteiger charge is -2.19. The summed E-state index contributed by atoms with van der Waals surface area (Å²) in [7, 11) is 0. The molecule has 0 radical (unpaired) electrons. The van der Waals surface area contributed by atoms with Gasteiger partial charge in [-0.2, -0.15) is 0 Å². The van der Waals surface area contributed by atoms with Crippen LogP contribution in [0.15, 0.2) is 41.3 Å². The fourth-order valence-corrected chi connectivity index (χ4v) is 4.39. The number of thiocarbonyl (C=S) groups is 1. The van der Waals surface area contributed by atoms with E-state index in [0.29, 0.717) is 28.2 Å². The highest BCUT2D eigenvalue weighted by molar-refractivity contribution is 8.27. The second kappa shape index (κ2) is 8.80. The molecule has 0 aliphatic carbocycles. The molecule has 0 saturated carbocycles. The molecule has 6 heteroatoms. The number of ether oxygens (including phenoxy) is 2. The summed E-state index contributed by atoms with van der Waals surface area (Å²) < 4.78 is 11.8. The van der Waals surface area contributed by atoms with Crippen molar-refractivity contribution < 1.29 is 14.3 Å². The zero-order valence-corrected chi connectivity index (χ0v) is 18.1. The van der Waals surface area contributed by atoms with Gasteiger partial charge in [-0.05, 0) is 57.0 Å². The number of amides is 1. The number of hydrogen-bond acceptors (Lipinski definition) is 5. The van der Waals surface area contributed by atoms with Crippen LogP contribution in [-0.4, -0.2) is 23.4 Å². The molecule has 1 heterocycles. The number of hydrogen-bond donors (Lipinski definition) is 0. The minimum atomic E-state index is -0.108. The molecule has 4 nitrogen and oxygen atoms in total. The lowest BCUT2D eigenvalue weighted by Crippen LogP contribution is -2.29. The van der Waals surface area contributed by atoms with Crippen LogP contribution >= 0.6 is 24.0 Å². The average Bonchev–Trinajstić information content (AvgIpc) is 2.92. The molecule has 0 bridgehead atoms. The summed E-state index contributed by atoms with van der Waals surface area (Å²) in [6, 6.07) is 11.6. The van der Waals surface area contributed by atoms with Crippen molar-refractivity contribution in [2.75, 3.05) is 18.1 Å². The van der Waals surface area contributed by atoms with Crippen molar-refractivity contribution in [1.29, 1.82) is 0 Å². The number of rotatable bonds is 6. The van der Waals surface area contributed by atoms with Gasteiger partial charge < -0.3 is 9.47 Å². The minimum Gasteiger partial charge on any atom is -0.494 e. The van der Waals surface area contributed by atoms with Gasteiger partial charge in [0.1, 0.15) is 11.5 Å². The molecule has 2 aromatic rings. The molecule has 0 aromatic heterocycles. The Morgan fingerprint density at radius 1 is 1.07 bits per heavy atom. The highest BCUT2D eigenvalue weighted by Crippen LogP contribution is 2.39. The van der Waals surface area contributed by atoms with Crippen molar-refractivity contribution in [1.82, 2.24) is 0 Å². The number of anilines is 1. The Labute approximate surface area is 175 Å². The molecule has 1 saturated heterocycles. The van der Waals surface area contributed by atoms with Gasteiger partial charge in [-0.25, -0.2) is 0 Å². The van der Waals surface area contributed by atoms with Gasteiger partial charge in [-0.15, -0.1) is 0 Å². The van der Waals surface area contributed by atoms with E-state index in [1.165, 1.54) is 11.8 Å². The van der Waals surface area contributed by atoms with Gasteiger partial charge in [0.05, 0.1) is 23.8 Å². The highest BCUT2D eigenvalue weighted by atomic mass is 32.2. The Morgan fingerprint density at radius 2 is 1.75 bits per heavy atom. The Bertz CT molecular complexity index is 933. The summed E-state index contributed by atoms with van der Waals surface area (Å²) in [5.74, 6) is 1.32. The van der Waals surface area contributed by atoms with E-state index in [0.717, 1.165) is 28.1 Å². The molecule has 0 atom stereocenters. The molecule has 28 heavy (non-hydrogen) atoms. The van der Waals surface area contributed by atoms with Gasteiger partial charge in [0.2, 0.25) is 0 Å². The monoisotopic (exact) mass is 413 g/mol. The number of nitrogens with zero attached hydrogens (tertiary/aromatic N) is 1. The number of aryl methyl sites for hydroxylation is 2. The summed E-state index contributed by atoms with van der Waals surface area (Å²) in [5.41, 5.74) is 3.74. The highest BCUT2D eigenvalue weighted by Gasteiger charge is 2.35. The predicted octanol–water partition coefficient (Wildman–Crippen LogP) is 5.51. The summed E-state index contributed by atoms with van der Waals surface area (Å²) in [6.07, 6.45) is 1.84. The predicted molar refractivity (Wildman–Crippen MR) is 120 cm³/mol. The fourth-order valence-electron chi connectivity index (χ4n) is 3.13. The molecule has 2 aromatic carbocycles. The van der Waals surface area contributed by atoms with Crippen LogP contribution in [0, 0.1) is 13.8 Å². The fraction of sp³-hybridized carbons (Fsp3) is 0.273. The van der Waals surface area contributed by atoms with Crippen molar-refractivity contribution in [2.24, 2.45) is 0 Å². The number of carbonyl (C=O) groups is 1. The van der Waals surface area contributed by atoms with Gasteiger partial charge in [-0.1, -0.05) is 42.2 Å². The molecular weight excluding hydrogens is 390 g/mol. The number of carbonyl (C=O) groups excluding carboxylic acids is 1. The second-order valence-corrected chi connectivity index (χ2v) is 8.00. The molecule has 0 unspecified atom stereocenters. The number of thioether (sulfide) groups is 1. The largest absolute Gasteiger partial charge is 0.494 e. The molecule has 146 valence electrons. The first-order valence-electron chi connectivity index (χ1n) is 9.20. The van der Waals surface area contributed by atoms with E-state index in [1.807, 2.05) is 70.2 Å². The van der Waals surface area contributed by atoms with E-state index >= 15 is 0 Å². The Hall–Kier alpha value is -2.31. The summed E-state index contributed by atoms with van der Waals surface area (Å²) in [5, 5.41) is 0. The van der Waals surface area contributed by atoms with Gasteiger partial charge in [0, 0.05) is 11.6 Å². The molecule has 1 amide bonds. The maximum atomic E-state index is 13.1. The molecule has 0 spiro atoms. The van der Waals surface area contributed by atoms with E-state index < -0.39 is 0 Å². The van der Waals surface area contributed by atoms with Crippen molar-refractivity contribution in [3.63, 3.8) is 0 Å². The van der Waals surface area contributed by atoms with Crippen LogP contribution in [0.5, 0.6) is 11.5 Å². The SMILES string of the molecule is CCOc1ccc(C=C2SC(=S)N(c3c(C)cccc3C)C2=O)c(OCC)c1. The quantitative estimate of drug-likeness (QED) is 0.461. The topological polar surface area (TPSA) is 38.8 Å². The molecular formula is C22H23NO3S2. The number of benzene rings is 2. The van der Waals surface area contributed by atoms with E-state index in [9.17, 15) is 4.79 Å². The Balaban J connectivity index is 1.98. The minimum absolute atomic E-state index is 0.108. The second-order valence-electron chi connectivity index (χ2n) is 6.32. The molecule has 0 N–H and O–H groups in total. The number of para-hydroxylation sites is 1. The van der Waals surface area contributed by atoms with Crippen LogP contribution in [0.4, 0.5) is 5.69 Å². The van der Waals surface area contributed by atoms with Crippen molar-refractivity contribution in [3.8, 4) is 11.5 Å². The van der Waals surface area contributed by atoms with E-state index in [2.05, 4.69) is 0 Å². The van der Waals surface area contributed by atoms with Crippen molar-refractivity contribution in [2.45, 2.75) is 27.7 Å². The zero-order chi connectivity index (χ0) is 20.3. The lowest BCUT2D eigenvalue weighted by molar-refractivity contribution is -0.113. The maximum Gasteiger partial charge on any atom is 0.270 e. The first-order valence-corrected chi connectivity index (χ1v) is 10.4. The van der Waals surface area contributed by atoms with Crippen LogP contribution in [0.25, 0.3) is 6.08 Å². The normalized spacial score (nSPS) is 15.4. The summed E-state index contributed by atoms with van der Waals surface area (Å²) >= 11 is 6.84. The smallest absolute Gasteiger partial charge is 0.270 e. The van der Waals surface area contributed by atoms with E-state index in [1.54, 1.807) is 4.90 Å². The van der Waals surface area contributed by atoms with Gasteiger partial charge in [-0.3, -0.25) is 9.69 Å². The molecule has 1 aliphatic rings. The van der Waals surface area contributed by atoms with Crippen LogP contribution < -0.4 is 14.4 Å². The Morgan fingerprint density at radius 3 is 2.39 bits per heavy atom. The van der Waals surface area contributed by atoms with Gasteiger partial charge in [0.15, 0.2) is 4.32 Å². The Kier molecular flexibility index (Phi) is 6.42. The lowest BCUT2D eigenvalue weighted by atomic mass is 10.1. The summed E-state index contributed by atoms with van der Waals surface area (Å²) in [4.78, 5) is 15.4. The van der Waals surface area contributed by atoms with E-state index in [4.69, 9.17) is 21.7 Å². The van der Waals surface area contributed by atoms with Gasteiger partial charge in [0.25, 0.3) is 5.91 Å². The average molecular weight is 414 g/mol. The van der Waals surface area contributed by atoms with Crippen LogP contribution in [0.2, 0.25) is 0 Å². The van der Waals surface area contributed by atoms with E-state index in [-0.39, 0.29) is 5.91 Å². The first-order chi connectivity index (χ1) is 13.5. The summed E-state index contributed by atoms with van der Waals surface area (Å²) in [6.45, 7) is 8.96. The molecule has 1 fully saturated rings. The third-order valence-corrected chi connectivity index (χ3v) is 5.64. The van der Waals surface area contributed by atoms with Crippen molar-refractivity contribution in [3.05, 3.63) is 58.0 Å². The third-order valence-electron chi connectivity index (χ3n) is 4.34. The first kappa shape index (κ1) is 20.4. The van der Waals surface area contributed by atoms with Crippen LogP contribution in [0.1, 0.15) is 30.5 Å². The standard InChI is InChI=1S/C22H23NO3S2/c1-5-25-17-11-10-16(18(13-17)26-6-2)12-19-21(24)23(22(27)28-19)20-14(3)8-7-9-15(20)4/h7-13H,5-6H2,1-4H3. The maximum absolute atomic E-state index is 13.1. The van der Waals surface area contributed by atoms with Crippen LogP contribution in [0.3, 0.4) is 0 Å². The van der Waals surface area contributed by atoms with Crippen LogP contribution in [-0.2, 0) is 4.79 Å². The molecule has 3 rings (SSSR count). The third kappa shape index (κ3) is 4.08. The zero-order valence-electron chi connectivity index (χ0n) is 16.4.